The van der Waals surface area contributed by atoms with Gasteiger partial charge in [0.1, 0.15) is 6.54 Å². The fourth-order valence-electron chi connectivity index (χ4n) is 3.18. The molecule has 36 heavy (non-hydrogen) atoms. The molecule has 3 heterocycles. The molecule has 1 aromatic carbocycles. The van der Waals surface area contributed by atoms with Crippen LogP contribution in [0.2, 0.25) is 10.0 Å². The van der Waals surface area contributed by atoms with Gasteiger partial charge in [0.25, 0.3) is 5.91 Å². The van der Waals surface area contributed by atoms with Gasteiger partial charge in [-0.15, -0.1) is 10.2 Å². The lowest BCUT2D eigenvalue weighted by atomic mass is 10.2. The first kappa shape index (κ1) is 25.3. The molecule has 0 saturated carbocycles. The second kappa shape index (κ2) is 9.72. The molecular formula is C20H15Cl2F3N8O3. The van der Waals surface area contributed by atoms with Crippen molar-refractivity contribution in [3.63, 3.8) is 0 Å². The first-order valence-electron chi connectivity index (χ1n) is 10.00. The summed E-state index contributed by atoms with van der Waals surface area (Å²) in [5.74, 6) is -1.44. The minimum absolute atomic E-state index is 0.114. The number of pyridine rings is 1. The van der Waals surface area contributed by atoms with Crippen LogP contribution in [0.3, 0.4) is 0 Å². The van der Waals surface area contributed by atoms with E-state index in [1.807, 2.05) is 0 Å². The molecular weight excluding hydrogens is 528 g/mol. The molecule has 11 nitrogen and oxygen atoms in total. The van der Waals surface area contributed by atoms with Gasteiger partial charge >= 0.3 is 11.9 Å². The van der Waals surface area contributed by atoms with Crippen molar-refractivity contribution in [2.75, 3.05) is 0 Å². The van der Waals surface area contributed by atoms with Crippen LogP contribution in [0, 0.1) is 0 Å². The van der Waals surface area contributed by atoms with Crippen LogP contribution >= 0.6 is 23.2 Å². The molecule has 0 saturated heterocycles. The molecule has 16 heteroatoms. The van der Waals surface area contributed by atoms with E-state index in [-0.39, 0.29) is 28.9 Å². The van der Waals surface area contributed by atoms with Crippen molar-refractivity contribution in [2.24, 2.45) is 5.73 Å². The van der Waals surface area contributed by atoms with Crippen LogP contribution in [0.4, 0.5) is 13.2 Å². The highest BCUT2D eigenvalue weighted by Gasteiger charge is 2.39. The van der Waals surface area contributed by atoms with Gasteiger partial charge in [0.2, 0.25) is 5.82 Å². The number of carbonyl (C=O) groups excluding carboxylic acids is 1. The highest BCUT2D eigenvalue weighted by molar-refractivity contribution is 6.30. The van der Waals surface area contributed by atoms with Gasteiger partial charge in [-0.2, -0.15) is 17.9 Å². The Balaban J connectivity index is 1.77. The summed E-state index contributed by atoms with van der Waals surface area (Å²) in [6.07, 6.45) is -6.44. The number of halogens is 5. The summed E-state index contributed by atoms with van der Waals surface area (Å²) in [5, 5.41) is 18.5. The number of aliphatic hydroxyl groups excluding tert-OH is 1. The molecule has 1 atom stereocenters. The molecule has 0 aliphatic carbocycles. The van der Waals surface area contributed by atoms with Crippen LogP contribution in [-0.4, -0.2) is 57.4 Å². The molecule has 0 fully saturated rings. The Bertz CT molecular complexity index is 1480. The van der Waals surface area contributed by atoms with E-state index in [4.69, 9.17) is 28.9 Å². The number of aromatic nitrogens is 7. The number of alkyl halides is 3. The highest BCUT2D eigenvalue weighted by atomic mass is 35.5. The number of rotatable bonds is 7. The number of carbonyl (C=O) groups is 1. The number of primary amides is 1. The van der Waals surface area contributed by atoms with Gasteiger partial charge in [0, 0.05) is 27.9 Å². The second-order valence-electron chi connectivity index (χ2n) is 7.40. The van der Waals surface area contributed by atoms with Gasteiger partial charge in [-0.3, -0.25) is 9.36 Å². The van der Waals surface area contributed by atoms with E-state index < -0.39 is 37.0 Å². The molecule has 0 aliphatic rings. The molecule has 0 aliphatic heterocycles. The van der Waals surface area contributed by atoms with Crippen molar-refractivity contribution in [1.82, 2.24) is 34.1 Å². The highest BCUT2D eigenvalue weighted by Crippen LogP contribution is 2.24. The Kier molecular flexibility index (Phi) is 6.84. The third-order valence-corrected chi connectivity index (χ3v) is 5.33. The van der Waals surface area contributed by atoms with E-state index in [1.165, 1.54) is 42.6 Å². The van der Waals surface area contributed by atoms with E-state index in [0.717, 1.165) is 9.36 Å². The Morgan fingerprint density at radius 1 is 1.11 bits per heavy atom. The summed E-state index contributed by atoms with van der Waals surface area (Å²) in [6, 6.07) is 8.72. The van der Waals surface area contributed by atoms with Gasteiger partial charge in [-0.25, -0.2) is 19.4 Å². The predicted molar refractivity (Wildman–Crippen MR) is 121 cm³/mol. The lowest BCUT2D eigenvalue weighted by Crippen LogP contribution is -2.37. The Hall–Kier alpha value is -3.75. The first-order chi connectivity index (χ1) is 16.9. The zero-order valence-corrected chi connectivity index (χ0v) is 19.4. The molecule has 3 N–H and O–H groups in total. The summed E-state index contributed by atoms with van der Waals surface area (Å²) in [4.78, 5) is 33.0. The van der Waals surface area contributed by atoms with E-state index in [0.29, 0.717) is 14.6 Å². The summed E-state index contributed by atoms with van der Waals surface area (Å²) < 4.78 is 41.6. The molecule has 3 aromatic heterocycles. The van der Waals surface area contributed by atoms with E-state index in [9.17, 15) is 27.9 Å². The maximum absolute atomic E-state index is 13.0. The van der Waals surface area contributed by atoms with Crippen LogP contribution < -0.4 is 11.4 Å². The largest absolute Gasteiger partial charge is 0.416 e. The SMILES string of the molecule is NC(=O)c1nc(Cn2nc(-c3ccc(Cl)cc3)n(C[C@H](O)C(F)(F)F)c2=O)nn1-c1cc(Cl)ccn1. The van der Waals surface area contributed by atoms with Gasteiger partial charge in [0.15, 0.2) is 23.6 Å². The van der Waals surface area contributed by atoms with E-state index in [1.54, 1.807) is 0 Å². The second-order valence-corrected chi connectivity index (χ2v) is 8.27. The van der Waals surface area contributed by atoms with E-state index in [2.05, 4.69) is 20.2 Å². The third kappa shape index (κ3) is 5.24. The molecule has 1 amide bonds. The number of hydrogen-bond donors (Lipinski definition) is 2. The van der Waals surface area contributed by atoms with Crippen molar-refractivity contribution in [3.05, 3.63) is 74.8 Å². The predicted octanol–water partition coefficient (Wildman–Crippen LogP) is 2.06. The van der Waals surface area contributed by atoms with Crippen molar-refractivity contribution in [1.29, 1.82) is 0 Å². The third-order valence-electron chi connectivity index (χ3n) is 4.85. The van der Waals surface area contributed by atoms with Gasteiger partial charge in [-0.05, 0) is 30.3 Å². The standard InChI is InChI=1S/C20H15Cl2F3N8O3/c21-11-3-1-10(2-4-11)17-30-32(19(36)31(17)8-13(34)20(23,24)25)9-14-28-18(16(26)35)33(29-14)15-7-12(22)5-6-27-15/h1-7,13,34H,8-9H2,(H2,26,35)/t13-/m0/s1. The monoisotopic (exact) mass is 542 g/mol. The zero-order chi connectivity index (χ0) is 26.2. The first-order valence-corrected chi connectivity index (χ1v) is 10.8. The quantitative estimate of drug-likeness (QED) is 0.363. The zero-order valence-electron chi connectivity index (χ0n) is 17.9. The topological polar surface area (TPSA) is 147 Å². The lowest BCUT2D eigenvalue weighted by Gasteiger charge is -2.15. The smallest absolute Gasteiger partial charge is 0.382 e. The average molecular weight is 543 g/mol. The Morgan fingerprint density at radius 2 is 1.81 bits per heavy atom. The van der Waals surface area contributed by atoms with Crippen LogP contribution in [0.15, 0.2) is 47.4 Å². The number of benzene rings is 1. The minimum atomic E-state index is -4.97. The van der Waals surface area contributed by atoms with Crippen LogP contribution in [-0.2, 0) is 13.1 Å². The van der Waals surface area contributed by atoms with Crippen molar-refractivity contribution >= 4 is 29.1 Å². The summed E-state index contributed by atoms with van der Waals surface area (Å²) >= 11 is 11.8. The molecule has 0 spiro atoms. The van der Waals surface area contributed by atoms with Crippen LogP contribution in [0.1, 0.15) is 16.4 Å². The number of aliphatic hydroxyl groups is 1. The number of amides is 1. The number of nitrogens with two attached hydrogens (primary N) is 1. The molecule has 188 valence electrons. The van der Waals surface area contributed by atoms with Gasteiger partial charge in [0.05, 0.1) is 6.54 Å². The molecule has 4 rings (SSSR count). The van der Waals surface area contributed by atoms with Gasteiger partial charge < -0.3 is 10.8 Å². The fraction of sp³-hybridized carbons (Fsp3) is 0.200. The molecule has 0 unspecified atom stereocenters. The average Bonchev–Trinajstić information content (AvgIpc) is 3.36. The normalized spacial score (nSPS) is 12.6. The van der Waals surface area contributed by atoms with Crippen LogP contribution in [0.5, 0.6) is 0 Å². The number of nitrogens with zero attached hydrogens (tertiary/aromatic N) is 7. The summed E-state index contributed by atoms with van der Waals surface area (Å²) in [6.45, 7) is -1.55. The van der Waals surface area contributed by atoms with Crippen LogP contribution in [0.25, 0.3) is 17.2 Å². The van der Waals surface area contributed by atoms with Crippen molar-refractivity contribution in [2.45, 2.75) is 25.4 Å². The lowest BCUT2D eigenvalue weighted by molar-refractivity contribution is -0.207. The maximum atomic E-state index is 13.0. The molecule has 4 aromatic rings. The fourth-order valence-corrected chi connectivity index (χ4v) is 3.46. The van der Waals surface area contributed by atoms with Gasteiger partial charge in [-0.1, -0.05) is 23.2 Å². The van der Waals surface area contributed by atoms with E-state index >= 15 is 0 Å². The number of hydrogen-bond acceptors (Lipinski definition) is 7. The summed E-state index contributed by atoms with van der Waals surface area (Å²) in [7, 11) is 0. The minimum Gasteiger partial charge on any atom is -0.382 e. The molecule has 0 bridgehead atoms. The molecule has 0 radical (unpaired) electrons. The Morgan fingerprint density at radius 3 is 2.42 bits per heavy atom. The summed E-state index contributed by atoms with van der Waals surface area (Å²) in [5.41, 5.74) is 4.66. The van der Waals surface area contributed by atoms with Crippen molar-refractivity contribution in [3.8, 4) is 17.2 Å². The maximum Gasteiger partial charge on any atom is 0.416 e. The van der Waals surface area contributed by atoms with Crippen molar-refractivity contribution < 1.29 is 23.1 Å². The Labute approximate surface area is 209 Å².